The molecule has 1 heterocycles. The van der Waals surface area contributed by atoms with Crippen LogP contribution in [0, 0.1) is 0 Å². The highest BCUT2D eigenvalue weighted by Gasteiger charge is 2.23. The molecule has 0 bridgehead atoms. The molecule has 0 unspecified atom stereocenters. The number of pyridine rings is 1. The van der Waals surface area contributed by atoms with Gasteiger partial charge in [-0.15, -0.1) is 0 Å². The van der Waals surface area contributed by atoms with E-state index in [1.807, 2.05) is 30.5 Å². The molecule has 0 atom stereocenters. The van der Waals surface area contributed by atoms with Gasteiger partial charge in [-0.1, -0.05) is 36.4 Å². The van der Waals surface area contributed by atoms with Crippen molar-refractivity contribution in [1.29, 1.82) is 0 Å². The van der Waals surface area contributed by atoms with E-state index in [2.05, 4.69) is 35.3 Å². The van der Waals surface area contributed by atoms with E-state index in [9.17, 15) is 0 Å². The third kappa shape index (κ3) is 1.55. The van der Waals surface area contributed by atoms with Gasteiger partial charge in [-0.25, -0.2) is 0 Å². The van der Waals surface area contributed by atoms with Crippen LogP contribution in [0.25, 0.3) is 22.4 Å². The van der Waals surface area contributed by atoms with Crippen LogP contribution < -0.4 is 5.73 Å². The third-order valence-electron chi connectivity index (χ3n) is 3.94. The first-order valence-electron chi connectivity index (χ1n) is 6.75. The van der Waals surface area contributed by atoms with E-state index in [1.165, 1.54) is 22.3 Å². The highest BCUT2D eigenvalue weighted by Crippen LogP contribution is 2.43. The van der Waals surface area contributed by atoms with Gasteiger partial charge in [0, 0.05) is 17.4 Å². The van der Waals surface area contributed by atoms with Crippen LogP contribution in [0.3, 0.4) is 0 Å². The van der Waals surface area contributed by atoms with Crippen molar-refractivity contribution in [3.8, 4) is 22.4 Å². The number of benzene rings is 2. The summed E-state index contributed by atoms with van der Waals surface area (Å²) in [5, 5.41) is 0. The van der Waals surface area contributed by atoms with Gasteiger partial charge in [-0.2, -0.15) is 0 Å². The minimum atomic E-state index is 0.801. The molecule has 2 heteroatoms. The SMILES string of the molecule is Nc1ccc2c(c1-c1ccccn1)Cc1ccccc1-2. The van der Waals surface area contributed by atoms with E-state index in [0.29, 0.717) is 0 Å². The Morgan fingerprint density at radius 3 is 2.55 bits per heavy atom. The summed E-state index contributed by atoms with van der Waals surface area (Å²) in [6.45, 7) is 0. The fourth-order valence-electron chi connectivity index (χ4n) is 3.04. The molecule has 20 heavy (non-hydrogen) atoms. The fraction of sp³-hybridized carbons (Fsp3) is 0.0556. The lowest BCUT2D eigenvalue weighted by molar-refractivity contribution is 1.24. The number of aromatic nitrogens is 1. The van der Waals surface area contributed by atoms with Crippen molar-refractivity contribution in [1.82, 2.24) is 4.98 Å². The van der Waals surface area contributed by atoms with Gasteiger partial charge >= 0.3 is 0 Å². The Kier molecular flexibility index (Phi) is 2.36. The molecule has 3 aromatic rings. The second kappa shape index (κ2) is 4.20. The third-order valence-corrected chi connectivity index (χ3v) is 3.94. The molecule has 4 rings (SSSR count). The zero-order valence-corrected chi connectivity index (χ0v) is 11.0. The van der Waals surface area contributed by atoms with Crippen LogP contribution >= 0.6 is 0 Å². The van der Waals surface area contributed by atoms with E-state index in [0.717, 1.165) is 23.4 Å². The molecular weight excluding hydrogens is 244 g/mol. The Morgan fingerprint density at radius 2 is 1.70 bits per heavy atom. The lowest BCUT2D eigenvalue weighted by Gasteiger charge is -2.11. The van der Waals surface area contributed by atoms with E-state index in [-0.39, 0.29) is 0 Å². The molecular formula is C18H14N2. The maximum Gasteiger partial charge on any atom is 0.0725 e. The molecule has 0 saturated carbocycles. The van der Waals surface area contributed by atoms with Crippen molar-refractivity contribution < 1.29 is 0 Å². The summed E-state index contributed by atoms with van der Waals surface area (Å²) in [6.07, 6.45) is 2.75. The molecule has 0 aliphatic heterocycles. The first-order chi connectivity index (χ1) is 9.84. The summed E-state index contributed by atoms with van der Waals surface area (Å²) in [7, 11) is 0. The molecule has 2 aromatic carbocycles. The maximum absolute atomic E-state index is 6.22. The van der Waals surface area contributed by atoms with Crippen LogP contribution in [-0.4, -0.2) is 4.98 Å². The van der Waals surface area contributed by atoms with E-state index >= 15 is 0 Å². The standard InChI is InChI=1S/C18H14N2/c19-16-9-8-14-13-6-2-1-5-12(13)11-15(14)18(16)17-7-3-4-10-20-17/h1-10H,11,19H2. The van der Waals surface area contributed by atoms with Crippen molar-refractivity contribution in [3.05, 3.63) is 71.9 Å². The maximum atomic E-state index is 6.22. The van der Waals surface area contributed by atoms with E-state index in [1.54, 1.807) is 0 Å². The predicted octanol–water partition coefficient (Wildman–Crippen LogP) is 3.90. The van der Waals surface area contributed by atoms with Crippen LogP contribution in [0.15, 0.2) is 60.8 Å². The Balaban J connectivity index is 2.00. The molecule has 2 N–H and O–H groups in total. The Hall–Kier alpha value is -2.61. The van der Waals surface area contributed by atoms with Crippen LogP contribution in [0.1, 0.15) is 11.1 Å². The average Bonchev–Trinajstić information content (AvgIpc) is 2.86. The quantitative estimate of drug-likeness (QED) is 0.526. The monoisotopic (exact) mass is 258 g/mol. The zero-order valence-electron chi connectivity index (χ0n) is 11.0. The topological polar surface area (TPSA) is 38.9 Å². The zero-order chi connectivity index (χ0) is 13.5. The molecule has 0 radical (unpaired) electrons. The van der Waals surface area contributed by atoms with Gasteiger partial charge in [0.1, 0.15) is 0 Å². The predicted molar refractivity (Wildman–Crippen MR) is 82.3 cm³/mol. The van der Waals surface area contributed by atoms with Crippen LogP contribution in [0.2, 0.25) is 0 Å². The average molecular weight is 258 g/mol. The Labute approximate surface area is 117 Å². The van der Waals surface area contributed by atoms with Crippen molar-refractivity contribution in [2.75, 3.05) is 5.73 Å². The van der Waals surface area contributed by atoms with Crippen molar-refractivity contribution in [2.24, 2.45) is 0 Å². The molecule has 96 valence electrons. The first kappa shape index (κ1) is 11.2. The number of nitrogens with zero attached hydrogens (tertiary/aromatic N) is 1. The van der Waals surface area contributed by atoms with Crippen molar-refractivity contribution in [3.63, 3.8) is 0 Å². The molecule has 0 saturated heterocycles. The normalized spacial score (nSPS) is 12.0. The van der Waals surface area contributed by atoms with Crippen molar-refractivity contribution >= 4 is 5.69 Å². The molecule has 0 fully saturated rings. The summed E-state index contributed by atoms with van der Waals surface area (Å²) >= 11 is 0. The van der Waals surface area contributed by atoms with Gasteiger partial charge in [0.05, 0.1) is 5.69 Å². The van der Waals surface area contributed by atoms with Crippen LogP contribution in [0.4, 0.5) is 5.69 Å². The highest BCUT2D eigenvalue weighted by molar-refractivity contribution is 5.89. The minimum absolute atomic E-state index is 0.801. The van der Waals surface area contributed by atoms with Crippen LogP contribution in [0.5, 0.6) is 0 Å². The Bertz CT molecular complexity index is 792. The lowest BCUT2D eigenvalue weighted by Crippen LogP contribution is -1.96. The molecule has 1 aromatic heterocycles. The molecule has 2 nitrogen and oxygen atoms in total. The first-order valence-corrected chi connectivity index (χ1v) is 6.75. The van der Waals surface area contributed by atoms with Crippen LogP contribution in [-0.2, 0) is 6.42 Å². The number of fused-ring (bicyclic) bond motifs is 3. The molecule has 1 aliphatic carbocycles. The number of nitrogens with two attached hydrogens (primary N) is 1. The van der Waals surface area contributed by atoms with E-state index < -0.39 is 0 Å². The number of hydrogen-bond donors (Lipinski definition) is 1. The van der Waals surface area contributed by atoms with Gasteiger partial charge in [0.15, 0.2) is 0 Å². The molecule has 0 amide bonds. The van der Waals surface area contributed by atoms with Gasteiger partial charge < -0.3 is 5.73 Å². The highest BCUT2D eigenvalue weighted by atomic mass is 14.7. The number of anilines is 1. The number of rotatable bonds is 1. The summed E-state index contributed by atoms with van der Waals surface area (Å²) in [5.74, 6) is 0. The largest absolute Gasteiger partial charge is 0.398 e. The number of hydrogen-bond acceptors (Lipinski definition) is 2. The summed E-state index contributed by atoms with van der Waals surface area (Å²) in [5.41, 5.74) is 14.3. The smallest absolute Gasteiger partial charge is 0.0725 e. The summed E-state index contributed by atoms with van der Waals surface area (Å²) in [4.78, 5) is 4.47. The van der Waals surface area contributed by atoms with Gasteiger partial charge in [-0.05, 0) is 46.9 Å². The second-order valence-corrected chi connectivity index (χ2v) is 5.10. The van der Waals surface area contributed by atoms with Gasteiger partial charge in [0.2, 0.25) is 0 Å². The summed E-state index contributed by atoms with van der Waals surface area (Å²) < 4.78 is 0. The minimum Gasteiger partial charge on any atom is -0.398 e. The van der Waals surface area contributed by atoms with E-state index in [4.69, 9.17) is 5.73 Å². The second-order valence-electron chi connectivity index (χ2n) is 5.10. The van der Waals surface area contributed by atoms with Gasteiger partial charge in [0.25, 0.3) is 0 Å². The fourth-order valence-corrected chi connectivity index (χ4v) is 3.04. The summed E-state index contributed by atoms with van der Waals surface area (Å²) in [6, 6.07) is 18.6. The van der Waals surface area contributed by atoms with Crippen molar-refractivity contribution in [2.45, 2.75) is 6.42 Å². The van der Waals surface area contributed by atoms with Gasteiger partial charge in [-0.3, -0.25) is 4.98 Å². The molecule has 0 spiro atoms. The Morgan fingerprint density at radius 1 is 0.850 bits per heavy atom. The molecule has 1 aliphatic rings. The lowest BCUT2D eigenvalue weighted by atomic mass is 9.97. The number of nitrogen functional groups attached to an aromatic ring is 1.